The van der Waals surface area contributed by atoms with Gasteiger partial charge in [-0.1, -0.05) is 13.8 Å². The largest absolute Gasteiger partial charge is 0.508 e. The first-order chi connectivity index (χ1) is 10.8. The molecule has 1 aromatic heterocycles. The minimum absolute atomic E-state index is 0.0620. The Labute approximate surface area is 131 Å². The lowest BCUT2D eigenvalue weighted by Crippen LogP contribution is -2.44. The zero-order valence-corrected chi connectivity index (χ0v) is 12.7. The van der Waals surface area contributed by atoms with E-state index in [1.54, 1.807) is 13.8 Å². The molecule has 0 saturated heterocycles. The Balaban J connectivity index is 2.29. The molecule has 0 bridgehead atoms. The molecule has 2 aromatic rings. The topological polar surface area (TPSA) is 117 Å². The quantitative estimate of drug-likeness (QED) is 0.714. The van der Waals surface area contributed by atoms with Gasteiger partial charge in [0.2, 0.25) is 5.91 Å². The summed E-state index contributed by atoms with van der Waals surface area (Å²) in [5.74, 6) is -1.96. The Morgan fingerprint density at radius 3 is 2.57 bits per heavy atom. The third kappa shape index (κ3) is 3.88. The fraction of sp³-hybridized carbons (Fsp3) is 0.312. The number of aromatic hydroxyl groups is 1. The van der Waals surface area contributed by atoms with Gasteiger partial charge in [-0.2, -0.15) is 0 Å². The Morgan fingerprint density at radius 1 is 1.26 bits per heavy atom. The van der Waals surface area contributed by atoms with Crippen molar-refractivity contribution in [1.82, 2.24) is 5.32 Å². The maximum Gasteiger partial charge on any atom is 0.336 e. The normalized spacial score (nSPS) is 12.3. The van der Waals surface area contributed by atoms with Gasteiger partial charge in [0.15, 0.2) is 0 Å². The number of carboxylic acids is 1. The van der Waals surface area contributed by atoms with Crippen molar-refractivity contribution in [3.63, 3.8) is 0 Å². The van der Waals surface area contributed by atoms with Gasteiger partial charge in [-0.05, 0) is 23.6 Å². The van der Waals surface area contributed by atoms with E-state index in [-0.39, 0.29) is 23.7 Å². The van der Waals surface area contributed by atoms with Crippen LogP contribution in [0, 0.1) is 5.92 Å². The summed E-state index contributed by atoms with van der Waals surface area (Å²) in [4.78, 5) is 34.8. The first-order valence-electron chi connectivity index (χ1n) is 7.06. The molecular weight excluding hydrogens is 302 g/mol. The highest BCUT2D eigenvalue weighted by Gasteiger charge is 2.23. The van der Waals surface area contributed by atoms with Crippen LogP contribution < -0.4 is 10.9 Å². The summed E-state index contributed by atoms with van der Waals surface area (Å²) in [5.41, 5.74) is -0.0786. The Bertz CT molecular complexity index is 808. The summed E-state index contributed by atoms with van der Waals surface area (Å²) in [6.45, 7) is 3.38. The molecule has 3 N–H and O–H groups in total. The summed E-state index contributed by atoms with van der Waals surface area (Å²) in [6, 6.07) is 4.42. The lowest BCUT2D eigenvalue weighted by atomic mass is 10.0. The standard InChI is InChI=1S/C16H17NO6/c1-8(2)15(16(21)22)17-13(19)5-9-6-14(20)23-12-7-10(18)3-4-11(9)12/h3-4,6-8,15,18H,5H2,1-2H3,(H,17,19)(H,21,22). The van der Waals surface area contributed by atoms with Crippen molar-refractivity contribution in [2.45, 2.75) is 26.3 Å². The van der Waals surface area contributed by atoms with Gasteiger partial charge < -0.3 is 19.9 Å². The number of hydrogen-bond donors (Lipinski definition) is 3. The Morgan fingerprint density at radius 2 is 1.96 bits per heavy atom. The fourth-order valence-electron chi connectivity index (χ4n) is 2.28. The highest BCUT2D eigenvalue weighted by molar-refractivity contribution is 5.89. The molecule has 0 aliphatic rings. The number of phenolic OH excluding ortho intramolecular Hbond substituents is 1. The number of fused-ring (bicyclic) bond motifs is 1. The minimum Gasteiger partial charge on any atom is -0.508 e. The van der Waals surface area contributed by atoms with Gasteiger partial charge in [-0.25, -0.2) is 9.59 Å². The average Bonchev–Trinajstić information content (AvgIpc) is 2.43. The Kier molecular flexibility index (Phi) is 4.68. The number of nitrogens with one attached hydrogen (secondary N) is 1. The van der Waals surface area contributed by atoms with Crippen LogP contribution in [0.15, 0.2) is 33.5 Å². The number of carbonyl (C=O) groups excluding carboxylic acids is 1. The maximum atomic E-state index is 12.1. The first kappa shape index (κ1) is 16.5. The number of amides is 1. The van der Waals surface area contributed by atoms with Crippen LogP contribution in [0.25, 0.3) is 11.0 Å². The highest BCUT2D eigenvalue weighted by atomic mass is 16.4. The van der Waals surface area contributed by atoms with Crippen molar-refractivity contribution < 1.29 is 24.2 Å². The molecule has 122 valence electrons. The third-order valence-corrected chi connectivity index (χ3v) is 3.41. The molecule has 2 rings (SSSR count). The van der Waals surface area contributed by atoms with E-state index in [2.05, 4.69) is 5.32 Å². The maximum absolute atomic E-state index is 12.1. The Hall–Kier alpha value is -2.83. The molecule has 0 aliphatic heterocycles. The molecule has 1 aromatic carbocycles. The van der Waals surface area contributed by atoms with Crippen LogP contribution in [0.5, 0.6) is 5.75 Å². The number of rotatable bonds is 5. The summed E-state index contributed by atoms with van der Waals surface area (Å²) < 4.78 is 4.98. The predicted octanol–water partition coefficient (Wildman–Crippen LogP) is 1.27. The molecule has 0 aliphatic carbocycles. The molecular formula is C16H17NO6. The average molecular weight is 319 g/mol. The molecule has 0 saturated carbocycles. The van der Waals surface area contributed by atoms with Gasteiger partial charge in [0.05, 0.1) is 6.42 Å². The van der Waals surface area contributed by atoms with E-state index in [1.807, 2.05) is 0 Å². The van der Waals surface area contributed by atoms with E-state index in [1.165, 1.54) is 24.3 Å². The molecule has 1 unspecified atom stereocenters. The molecule has 1 heterocycles. The van der Waals surface area contributed by atoms with E-state index in [9.17, 15) is 19.5 Å². The number of carboxylic acid groups (broad SMARTS) is 1. The van der Waals surface area contributed by atoms with Crippen LogP contribution in [0.4, 0.5) is 0 Å². The van der Waals surface area contributed by atoms with E-state index in [0.717, 1.165) is 0 Å². The summed E-state index contributed by atoms with van der Waals surface area (Å²) >= 11 is 0. The second-order valence-electron chi connectivity index (χ2n) is 5.58. The van der Waals surface area contributed by atoms with Crippen molar-refractivity contribution in [2.75, 3.05) is 0 Å². The van der Waals surface area contributed by atoms with Crippen molar-refractivity contribution in [2.24, 2.45) is 5.92 Å². The van der Waals surface area contributed by atoms with Crippen LogP contribution in [0.1, 0.15) is 19.4 Å². The number of phenols is 1. The van der Waals surface area contributed by atoms with E-state index >= 15 is 0 Å². The number of aliphatic carboxylic acids is 1. The smallest absolute Gasteiger partial charge is 0.336 e. The lowest BCUT2D eigenvalue weighted by molar-refractivity contribution is -0.143. The fourth-order valence-corrected chi connectivity index (χ4v) is 2.28. The van der Waals surface area contributed by atoms with Gasteiger partial charge in [0.1, 0.15) is 17.4 Å². The monoisotopic (exact) mass is 319 g/mol. The summed E-state index contributed by atoms with van der Waals surface area (Å²) in [6.07, 6.45) is -0.163. The molecule has 7 heteroatoms. The van der Waals surface area contributed by atoms with Crippen LogP contribution in [-0.4, -0.2) is 28.1 Å². The van der Waals surface area contributed by atoms with E-state index in [0.29, 0.717) is 10.9 Å². The van der Waals surface area contributed by atoms with Gasteiger partial charge in [0, 0.05) is 17.5 Å². The number of benzene rings is 1. The molecule has 0 radical (unpaired) electrons. The first-order valence-corrected chi connectivity index (χ1v) is 7.06. The molecule has 0 fully saturated rings. The molecule has 1 atom stereocenters. The van der Waals surface area contributed by atoms with Crippen LogP contribution in [0.2, 0.25) is 0 Å². The predicted molar refractivity (Wildman–Crippen MR) is 82.3 cm³/mol. The van der Waals surface area contributed by atoms with Gasteiger partial charge >= 0.3 is 11.6 Å². The summed E-state index contributed by atoms with van der Waals surface area (Å²) in [5, 5.41) is 21.5. The molecule has 0 spiro atoms. The molecule has 23 heavy (non-hydrogen) atoms. The van der Waals surface area contributed by atoms with E-state index < -0.39 is 23.5 Å². The number of carbonyl (C=O) groups is 2. The SMILES string of the molecule is CC(C)C(NC(=O)Cc1cc(=O)oc2cc(O)ccc12)C(=O)O. The molecule has 7 nitrogen and oxygen atoms in total. The van der Waals surface area contributed by atoms with E-state index in [4.69, 9.17) is 9.52 Å². The zero-order valence-electron chi connectivity index (χ0n) is 12.7. The van der Waals surface area contributed by atoms with Crippen LogP contribution in [-0.2, 0) is 16.0 Å². The molecule has 1 amide bonds. The second kappa shape index (κ2) is 6.51. The van der Waals surface area contributed by atoms with Gasteiger partial charge in [-0.15, -0.1) is 0 Å². The zero-order chi connectivity index (χ0) is 17.1. The summed E-state index contributed by atoms with van der Waals surface area (Å²) in [7, 11) is 0. The minimum atomic E-state index is -1.12. The van der Waals surface area contributed by atoms with Gasteiger partial charge in [0.25, 0.3) is 0 Å². The van der Waals surface area contributed by atoms with Gasteiger partial charge in [-0.3, -0.25) is 4.79 Å². The van der Waals surface area contributed by atoms with Crippen molar-refractivity contribution in [1.29, 1.82) is 0 Å². The van der Waals surface area contributed by atoms with Crippen LogP contribution in [0.3, 0.4) is 0 Å². The van der Waals surface area contributed by atoms with Crippen molar-refractivity contribution >= 4 is 22.8 Å². The second-order valence-corrected chi connectivity index (χ2v) is 5.58. The van der Waals surface area contributed by atoms with Crippen LogP contribution >= 0.6 is 0 Å². The number of hydrogen-bond acceptors (Lipinski definition) is 5. The van der Waals surface area contributed by atoms with Crippen molar-refractivity contribution in [3.05, 3.63) is 40.2 Å². The van der Waals surface area contributed by atoms with Crippen molar-refractivity contribution in [3.8, 4) is 5.75 Å². The lowest BCUT2D eigenvalue weighted by Gasteiger charge is -2.18. The third-order valence-electron chi connectivity index (χ3n) is 3.41. The highest BCUT2D eigenvalue weighted by Crippen LogP contribution is 2.22.